The van der Waals surface area contributed by atoms with Gasteiger partial charge in [0.25, 0.3) is 0 Å². The number of hydrogen-bond donors (Lipinski definition) is 2. The first-order valence-corrected chi connectivity index (χ1v) is 8.21. The van der Waals surface area contributed by atoms with E-state index in [4.69, 9.17) is 0 Å². The van der Waals surface area contributed by atoms with E-state index in [2.05, 4.69) is 64.3 Å². The zero-order chi connectivity index (χ0) is 16.4. The van der Waals surface area contributed by atoms with Crippen molar-refractivity contribution >= 4 is 29.9 Å². The zero-order valence-corrected chi connectivity index (χ0v) is 17.6. The third-order valence-electron chi connectivity index (χ3n) is 3.32. The van der Waals surface area contributed by atoms with Crippen LogP contribution in [0.4, 0.5) is 0 Å². The highest BCUT2D eigenvalue weighted by Gasteiger charge is 2.01. The van der Waals surface area contributed by atoms with Crippen LogP contribution in [0.1, 0.15) is 31.2 Å². The minimum absolute atomic E-state index is 0. The highest BCUT2D eigenvalue weighted by atomic mass is 127. The molecule has 0 unspecified atom stereocenters. The van der Waals surface area contributed by atoms with Crippen LogP contribution in [0.15, 0.2) is 11.1 Å². The van der Waals surface area contributed by atoms with Gasteiger partial charge in [-0.3, -0.25) is 9.67 Å². The van der Waals surface area contributed by atoms with Crippen molar-refractivity contribution in [1.82, 2.24) is 25.3 Å². The molecule has 2 N–H and O–H groups in total. The molecule has 0 fully saturated rings. The van der Waals surface area contributed by atoms with E-state index in [9.17, 15) is 0 Å². The molecule has 0 aliphatic carbocycles. The van der Waals surface area contributed by atoms with Crippen molar-refractivity contribution in [3.63, 3.8) is 0 Å². The second-order valence-corrected chi connectivity index (χ2v) is 5.85. The number of nitrogens with zero attached hydrogens (tertiary/aromatic N) is 4. The lowest BCUT2D eigenvalue weighted by Crippen LogP contribution is -2.38. The Morgan fingerprint density at radius 3 is 2.57 bits per heavy atom. The summed E-state index contributed by atoms with van der Waals surface area (Å²) in [7, 11) is 4.19. The Hall–Kier alpha value is -0.830. The molecular formula is C16H33IN6. The Balaban J connectivity index is 0.00000484. The first-order valence-electron chi connectivity index (χ1n) is 8.21. The highest BCUT2D eigenvalue weighted by Crippen LogP contribution is 2.02. The van der Waals surface area contributed by atoms with Gasteiger partial charge < -0.3 is 15.5 Å². The van der Waals surface area contributed by atoms with Crippen LogP contribution in [0.2, 0.25) is 0 Å². The Kier molecular flexibility index (Phi) is 12.1. The molecule has 1 aromatic rings. The molecule has 7 heteroatoms. The van der Waals surface area contributed by atoms with Gasteiger partial charge in [-0.25, -0.2) is 0 Å². The maximum Gasteiger partial charge on any atom is 0.191 e. The number of nitrogens with one attached hydrogen (secondary N) is 2. The van der Waals surface area contributed by atoms with Gasteiger partial charge in [-0.2, -0.15) is 5.10 Å². The van der Waals surface area contributed by atoms with E-state index in [1.165, 1.54) is 5.69 Å². The van der Waals surface area contributed by atoms with Gasteiger partial charge in [0.05, 0.1) is 5.69 Å². The lowest BCUT2D eigenvalue weighted by Gasteiger charge is -2.13. The fourth-order valence-electron chi connectivity index (χ4n) is 2.26. The highest BCUT2D eigenvalue weighted by molar-refractivity contribution is 14.0. The molecule has 1 rings (SSSR count). The molecule has 0 saturated carbocycles. The second-order valence-electron chi connectivity index (χ2n) is 5.85. The number of aromatic nitrogens is 2. The normalized spacial score (nSPS) is 11.5. The topological polar surface area (TPSA) is 57.5 Å². The van der Waals surface area contributed by atoms with Crippen LogP contribution >= 0.6 is 24.0 Å². The summed E-state index contributed by atoms with van der Waals surface area (Å²) in [6.45, 7) is 10.9. The monoisotopic (exact) mass is 436 g/mol. The smallest absolute Gasteiger partial charge is 0.191 e. The van der Waals surface area contributed by atoms with E-state index in [0.717, 1.165) is 57.2 Å². The fraction of sp³-hybridized carbons (Fsp3) is 0.750. The SMILES string of the molecule is CCNC(=NCCCn1nc(C)cc1C)NCCCN(C)C.I. The minimum atomic E-state index is 0. The molecular weight excluding hydrogens is 403 g/mol. The quantitative estimate of drug-likeness (QED) is 0.269. The van der Waals surface area contributed by atoms with E-state index >= 15 is 0 Å². The molecule has 0 aromatic carbocycles. The van der Waals surface area contributed by atoms with Crippen molar-refractivity contribution in [1.29, 1.82) is 0 Å². The molecule has 0 spiro atoms. The standard InChI is InChI=1S/C16H32N6.HI/c1-6-17-16(18-9-7-11-21(4)5)19-10-8-12-22-15(3)13-14(2)20-22;/h13H,6-12H2,1-5H3,(H2,17,18,19);1H. The lowest BCUT2D eigenvalue weighted by molar-refractivity contribution is 0.399. The average Bonchev–Trinajstić information content (AvgIpc) is 2.77. The molecule has 1 heterocycles. The van der Waals surface area contributed by atoms with E-state index in [0.29, 0.717) is 0 Å². The molecule has 23 heavy (non-hydrogen) atoms. The van der Waals surface area contributed by atoms with Crippen molar-refractivity contribution in [2.24, 2.45) is 4.99 Å². The Bertz CT molecular complexity index is 455. The summed E-state index contributed by atoms with van der Waals surface area (Å²) in [5, 5.41) is 11.1. The maximum absolute atomic E-state index is 4.62. The summed E-state index contributed by atoms with van der Waals surface area (Å²) in [5.74, 6) is 0.912. The summed E-state index contributed by atoms with van der Waals surface area (Å²) in [6, 6.07) is 2.11. The second kappa shape index (κ2) is 12.6. The summed E-state index contributed by atoms with van der Waals surface area (Å²) in [6.07, 6.45) is 2.11. The number of hydrogen-bond acceptors (Lipinski definition) is 3. The van der Waals surface area contributed by atoms with Gasteiger partial charge in [0, 0.05) is 31.9 Å². The summed E-state index contributed by atoms with van der Waals surface area (Å²) in [4.78, 5) is 6.82. The van der Waals surface area contributed by atoms with E-state index in [1.54, 1.807) is 0 Å². The van der Waals surface area contributed by atoms with Crippen molar-refractivity contribution in [3.05, 3.63) is 17.5 Å². The molecule has 0 bridgehead atoms. The van der Waals surface area contributed by atoms with Crippen molar-refractivity contribution in [2.45, 2.75) is 40.2 Å². The molecule has 134 valence electrons. The van der Waals surface area contributed by atoms with Gasteiger partial charge in [-0.15, -0.1) is 24.0 Å². The molecule has 0 atom stereocenters. The van der Waals surface area contributed by atoms with Gasteiger partial charge in [-0.1, -0.05) is 0 Å². The van der Waals surface area contributed by atoms with Crippen LogP contribution in [0.3, 0.4) is 0 Å². The Morgan fingerprint density at radius 2 is 2.00 bits per heavy atom. The molecule has 6 nitrogen and oxygen atoms in total. The van der Waals surface area contributed by atoms with Crippen LogP contribution in [0, 0.1) is 13.8 Å². The van der Waals surface area contributed by atoms with Gasteiger partial charge in [0.2, 0.25) is 0 Å². The average molecular weight is 436 g/mol. The van der Waals surface area contributed by atoms with Crippen molar-refractivity contribution < 1.29 is 0 Å². The first-order chi connectivity index (χ1) is 10.5. The lowest BCUT2D eigenvalue weighted by atomic mass is 10.4. The van der Waals surface area contributed by atoms with Gasteiger partial charge in [0.15, 0.2) is 5.96 Å². The van der Waals surface area contributed by atoms with E-state index < -0.39 is 0 Å². The van der Waals surface area contributed by atoms with Crippen LogP contribution < -0.4 is 10.6 Å². The predicted molar refractivity (Wildman–Crippen MR) is 109 cm³/mol. The molecule has 0 aliphatic heterocycles. The van der Waals surface area contributed by atoms with Crippen molar-refractivity contribution in [2.75, 3.05) is 40.3 Å². The summed E-state index contributed by atoms with van der Waals surface area (Å²) in [5.41, 5.74) is 2.30. The maximum atomic E-state index is 4.62. The number of rotatable bonds is 9. The number of halogens is 1. The molecule has 0 saturated heterocycles. The Morgan fingerprint density at radius 1 is 1.26 bits per heavy atom. The Labute approximate surface area is 158 Å². The largest absolute Gasteiger partial charge is 0.357 e. The summed E-state index contributed by atoms with van der Waals surface area (Å²) >= 11 is 0. The number of aryl methyl sites for hydroxylation is 3. The van der Waals surface area contributed by atoms with Crippen LogP contribution in [-0.4, -0.2) is 60.9 Å². The predicted octanol–water partition coefficient (Wildman–Crippen LogP) is 2.01. The molecule has 0 aliphatic rings. The van der Waals surface area contributed by atoms with Crippen LogP contribution in [-0.2, 0) is 6.54 Å². The van der Waals surface area contributed by atoms with E-state index in [-0.39, 0.29) is 24.0 Å². The minimum Gasteiger partial charge on any atom is -0.357 e. The first kappa shape index (κ1) is 22.2. The van der Waals surface area contributed by atoms with Crippen LogP contribution in [0.5, 0.6) is 0 Å². The summed E-state index contributed by atoms with van der Waals surface area (Å²) < 4.78 is 2.06. The molecule has 0 amide bonds. The molecule has 1 aromatic heterocycles. The molecule has 0 radical (unpaired) electrons. The van der Waals surface area contributed by atoms with E-state index in [1.807, 2.05) is 6.92 Å². The van der Waals surface area contributed by atoms with Crippen LogP contribution in [0.25, 0.3) is 0 Å². The van der Waals surface area contributed by atoms with Crippen molar-refractivity contribution in [3.8, 4) is 0 Å². The zero-order valence-electron chi connectivity index (χ0n) is 15.2. The third kappa shape index (κ3) is 9.80. The van der Waals surface area contributed by atoms with Gasteiger partial charge in [-0.05, 0) is 60.3 Å². The van der Waals surface area contributed by atoms with Gasteiger partial charge in [0.1, 0.15) is 0 Å². The number of guanidine groups is 1. The van der Waals surface area contributed by atoms with Gasteiger partial charge >= 0.3 is 0 Å². The fourth-order valence-corrected chi connectivity index (χ4v) is 2.26. The third-order valence-corrected chi connectivity index (χ3v) is 3.32. The number of aliphatic imine (C=N–C) groups is 1.